The van der Waals surface area contributed by atoms with E-state index in [1.54, 1.807) is 34.1 Å². The molecule has 7 nitrogen and oxygen atoms in total. The number of halogens is 3. The van der Waals surface area contributed by atoms with Gasteiger partial charge in [-0.15, -0.1) is 0 Å². The van der Waals surface area contributed by atoms with Gasteiger partial charge < -0.3 is 18.8 Å². The number of nitrogens with zero attached hydrogens (tertiary/aromatic N) is 4. The summed E-state index contributed by atoms with van der Waals surface area (Å²) in [5.74, 6) is -3.63. The Labute approximate surface area is 193 Å². The SMILES string of the molecule is Cc1cn(-c2ccc3n(c2=O)CCN(CCOc2ccc(F)cc2C2CC(F)(F)C2)C3=O)cn1. The predicted molar refractivity (Wildman–Crippen MR) is 117 cm³/mol. The molecule has 2 aliphatic rings. The summed E-state index contributed by atoms with van der Waals surface area (Å²) in [5.41, 5.74) is 1.64. The Morgan fingerprint density at radius 3 is 2.65 bits per heavy atom. The van der Waals surface area contributed by atoms with Crippen LogP contribution in [0.25, 0.3) is 5.69 Å². The lowest BCUT2D eigenvalue weighted by Gasteiger charge is -2.36. The molecule has 0 bridgehead atoms. The minimum atomic E-state index is -2.73. The molecule has 1 aromatic carbocycles. The van der Waals surface area contributed by atoms with Gasteiger partial charge in [0, 0.05) is 37.7 Å². The van der Waals surface area contributed by atoms with Crippen LogP contribution in [0.1, 0.15) is 40.5 Å². The molecular weight excluding hydrogens is 449 g/mol. The van der Waals surface area contributed by atoms with Crippen LogP contribution in [0.15, 0.2) is 47.7 Å². The number of carbonyl (C=O) groups is 1. The molecule has 0 atom stereocenters. The van der Waals surface area contributed by atoms with Gasteiger partial charge in [-0.05, 0) is 43.2 Å². The van der Waals surface area contributed by atoms with E-state index in [1.165, 1.54) is 22.8 Å². The number of aromatic nitrogens is 3. The van der Waals surface area contributed by atoms with Gasteiger partial charge >= 0.3 is 0 Å². The molecule has 2 aromatic heterocycles. The van der Waals surface area contributed by atoms with E-state index in [4.69, 9.17) is 4.74 Å². The van der Waals surface area contributed by atoms with Crippen molar-refractivity contribution >= 4 is 5.91 Å². The number of aryl methyl sites for hydroxylation is 1. The van der Waals surface area contributed by atoms with E-state index < -0.39 is 17.7 Å². The summed E-state index contributed by atoms with van der Waals surface area (Å²) in [6.07, 6.45) is 2.64. The number of pyridine rings is 1. The second-order valence-electron chi connectivity index (χ2n) is 8.77. The van der Waals surface area contributed by atoms with Gasteiger partial charge in [-0.2, -0.15) is 0 Å². The van der Waals surface area contributed by atoms with E-state index in [2.05, 4.69) is 4.98 Å². The van der Waals surface area contributed by atoms with Crippen LogP contribution in [0.4, 0.5) is 13.2 Å². The predicted octanol–water partition coefficient (Wildman–Crippen LogP) is 3.53. The summed E-state index contributed by atoms with van der Waals surface area (Å²) in [4.78, 5) is 31.6. The monoisotopic (exact) mass is 472 g/mol. The highest BCUT2D eigenvalue weighted by Gasteiger charge is 2.46. The third kappa shape index (κ3) is 4.08. The third-order valence-corrected chi connectivity index (χ3v) is 6.36. The molecule has 1 fully saturated rings. The maximum Gasteiger partial charge on any atom is 0.275 e. The number of amides is 1. The van der Waals surface area contributed by atoms with Crippen molar-refractivity contribution in [3.05, 3.63) is 76.0 Å². The number of benzene rings is 1. The number of hydrogen-bond donors (Lipinski definition) is 0. The Kier molecular flexibility index (Phi) is 5.45. The molecule has 1 saturated carbocycles. The Bertz CT molecular complexity index is 1310. The first-order valence-electron chi connectivity index (χ1n) is 11.1. The van der Waals surface area contributed by atoms with Gasteiger partial charge in [0.25, 0.3) is 11.5 Å². The second-order valence-corrected chi connectivity index (χ2v) is 8.77. The van der Waals surface area contributed by atoms with Crippen molar-refractivity contribution in [1.82, 2.24) is 19.0 Å². The molecule has 0 radical (unpaired) electrons. The first kappa shape index (κ1) is 22.2. The number of rotatable bonds is 6. The van der Waals surface area contributed by atoms with Crippen LogP contribution in [0.3, 0.4) is 0 Å². The van der Waals surface area contributed by atoms with Crippen molar-refractivity contribution in [3.63, 3.8) is 0 Å². The van der Waals surface area contributed by atoms with Crippen LogP contribution in [0.5, 0.6) is 5.75 Å². The molecule has 3 heterocycles. The van der Waals surface area contributed by atoms with Gasteiger partial charge in [0.15, 0.2) is 0 Å². The molecule has 178 valence electrons. The Morgan fingerprint density at radius 1 is 1.15 bits per heavy atom. The van der Waals surface area contributed by atoms with Crippen LogP contribution in [0, 0.1) is 12.7 Å². The van der Waals surface area contributed by atoms with E-state index in [-0.39, 0.29) is 43.2 Å². The van der Waals surface area contributed by atoms with Gasteiger partial charge in [0.05, 0.1) is 18.6 Å². The lowest BCUT2D eigenvalue weighted by atomic mass is 9.76. The van der Waals surface area contributed by atoms with Crippen molar-refractivity contribution in [3.8, 4) is 11.4 Å². The van der Waals surface area contributed by atoms with E-state index in [0.29, 0.717) is 30.1 Å². The maximum absolute atomic E-state index is 13.7. The quantitative estimate of drug-likeness (QED) is 0.551. The zero-order chi connectivity index (χ0) is 24.0. The molecule has 3 aromatic rings. The van der Waals surface area contributed by atoms with Gasteiger partial charge in [-0.25, -0.2) is 18.2 Å². The average molecular weight is 472 g/mol. The largest absolute Gasteiger partial charge is 0.491 e. The highest BCUT2D eigenvalue weighted by Crippen LogP contribution is 2.50. The fourth-order valence-corrected chi connectivity index (χ4v) is 4.54. The molecule has 1 aliphatic carbocycles. The van der Waals surface area contributed by atoms with Crippen LogP contribution in [0.2, 0.25) is 0 Å². The third-order valence-electron chi connectivity index (χ3n) is 6.36. The van der Waals surface area contributed by atoms with Gasteiger partial charge in [-0.1, -0.05) is 0 Å². The van der Waals surface area contributed by atoms with Gasteiger partial charge in [0.2, 0.25) is 5.92 Å². The van der Waals surface area contributed by atoms with Crippen molar-refractivity contribution < 1.29 is 22.7 Å². The summed E-state index contributed by atoms with van der Waals surface area (Å²) >= 11 is 0. The highest BCUT2D eigenvalue weighted by molar-refractivity contribution is 5.93. The van der Waals surface area contributed by atoms with Crippen molar-refractivity contribution in [2.24, 2.45) is 0 Å². The van der Waals surface area contributed by atoms with E-state index in [9.17, 15) is 22.8 Å². The molecule has 0 unspecified atom stereocenters. The molecule has 1 aliphatic heterocycles. The Hall–Kier alpha value is -3.56. The summed E-state index contributed by atoms with van der Waals surface area (Å²) in [6, 6.07) is 7.13. The lowest BCUT2D eigenvalue weighted by molar-refractivity contribution is -0.0871. The van der Waals surface area contributed by atoms with Crippen molar-refractivity contribution in [1.29, 1.82) is 0 Å². The second kappa shape index (κ2) is 8.34. The highest BCUT2D eigenvalue weighted by atomic mass is 19.3. The molecule has 0 saturated heterocycles. The first-order valence-corrected chi connectivity index (χ1v) is 11.1. The van der Waals surface area contributed by atoms with E-state index in [0.717, 1.165) is 5.69 Å². The minimum absolute atomic E-state index is 0.115. The van der Waals surface area contributed by atoms with Gasteiger partial charge in [0.1, 0.15) is 29.6 Å². The normalized spacial score (nSPS) is 17.4. The van der Waals surface area contributed by atoms with Crippen molar-refractivity contribution in [2.75, 3.05) is 19.7 Å². The summed E-state index contributed by atoms with van der Waals surface area (Å²) in [7, 11) is 0. The number of imidazole rings is 1. The maximum atomic E-state index is 13.7. The molecular formula is C24H23F3N4O3. The summed E-state index contributed by atoms with van der Waals surface area (Å²) < 4.78 is 49.2. The van der Waals surface area contributed by atoms with E-state index >= 15 is 0 Å². The molecule has 0 spiro atoms. The first-order chi connectivity index (χ1) is 16.2. The molecule has 1 amide bonds. The van der Waals surface area contributed by atoms with Crippen LogP contribution in [-0.4, -0.2) is 50.5 Å². The Balaban J connectivity index is 1.26. The minimum Gasteiger partial charge on any atom is -0.491 e. The topological polar surface area (TPSA) is 69.4 Å². The molecule has 0 N–H and O–H groups in total. The molecule has 34 heavy (non-hydrogen) atoms. The fraction of sp³-hybridized carbons (Fsp3) is 0.375. The molecule has 5 rings (SSSR count). The smallest absolute Gasteiger partial charge is 0.275 e. The Morgan fingerprint density at radius 2 is 1.94 bits per heavy atom. The number of alkyl halides is 2. The number of hydrogen-bond acceptors (Lipinski definition) is 4. The lowest BCUT2D eigenvalue weighted by Crippen LogP contribution is -2.46. The average Bonchev–Trinajstić information content (AvgIpc) is 3.21. The summed E-state index contributed by atoms with van der Waals surface area (Å²) in [5, 5.41) is 0. The summed E-state index contributed by atoms with van der Waals surface area (Å²) in [6.45, 7) is 2.84. The number of carbonyl (C=O) groups excluding carboxylic acids is 1. The molecule has 10 heteroatoms. The van der Waals surface area contributed by atoms with Gasteiger partial charge in [-0.3, -0.25) is 9.59 Å². The van der Waals surface area contributed by atoms with Crippen LogP contribution < -0.4 is 10.3 Å². The number of fused-ring (bicyclic) bond motifs is 1. The zero-order valence-electron chi connectivity index (χ0n) is 18.5. The fourth-order valence-electron chi connectivity index (χ4n) is 4.54. The number of ether oxygens (including phenoxy) is 1. The zero-order valence-corrected chi connectivity index (χ0v) is 18.5. The van der Waals surface area contributed by atoms with Crippen LogP contribution >= 0.6 is 0 Å². The van der Waals surface area contributed by atoms with Crippen LogP contribution in [-0.2, 0) is 6.54 Å². The van der Waals surface area contributed by atoms with Crippen molar-refractivity contribution in [2.45, 2.75) is 38.2 Å². The van der Waals surface area contributed by atoms with E-state index in [1.807, 2.05) is 6.92 Å². The standard InChI is InChI=1S/C24H23F3N4O3/c1-15-13-30(14-28-15)19-3-4-20-22(32)29(6-7-31(20)23(19)33)8-9-34-21-5-2-17(25)10-18(21)16-11-24(26,27)12-16/h2-5,10,13-14,16H,6-9,11-12H2,1H3.